The third-order valence-corrected chi connectivity index (χ3v) is 29.1. The molecule has 0 radical (unpaired) electrons. The van der Waals surface area contributed by atoms with Crippen LogP contribution in [-0.2, 0) is 38.0 Å². The van der Waals surface area contributed by atoms with Gasteiger partial charge in [-0.05, 0) is 180 Å². The number of thiophene rings is 4. The fraction of sp³-hybridized carbons (Fsp3) is 0.472. The van der Waals surface area contributed by atoms with Crippen molar-refractivity contribution in [2.45, 2.75) is 94.0 Å². The summed E-state index contributed by atoms with van der Waals surface area (Å²) in [6.45, 7) is 46.6. The maximum atomic E-state index is 12.3. The van der Waals surface area contributed by atoms with Gasteiger partial charge in [-0.3, -0.25) is 24.4 Å². The normalized spacial score (nSPS) is 16.4. The van der Waals surface area contributed by atoms with E-state index in [1.54, 1.807) is 103 Å². The van der Waals surface area contributed by atoms with E-state index in [0.29, 0.717) is 141 Å². The molecular weight excluding hydrogens is 2150 g/mol. The minimum Gasteiger partial charge on any atom is -0.508 e. The van der Waals surface area contributed by atoms with Crippen LogP contribution in [0.4, 0.5) is 37.7 Å². The second-order valence-corrected chi connectivity index (χ2v) is 45.0. The largest absolute Gasteiger partial charge is 0.508 e. The number of nitrogens with zero attached hydrogens (tertiary/aromatic N) is 20. The van der Waals surface area contributed by atoms with Crippen molar-refractivity contribution in [1.29, 1.82) is 0 Å². The van der Waals surface area contributed by atoms with Crippen LogP contribution >= 0.6 is 91.1 Å². The lowest BCUT2D eigenvalue weighted by molar-refractivity contribution is -0.127. The molecule has 0 bridgehead atoms. The Bertz CT molecular complexity index is 6650. The van der Waals surface area contributed by atoms with Gasteiger partial charge in [0.25, 0.3) is 0 Å². The monoisotopic (exact) mass is 2280 g/mol. The quantitative estimate of drug-likeness (QED) is 0.0189. The number of benzene rings is 3. The number of phenols is 3. The SMILES string of the molecule is C.C.C#CCN1CCN(C(=O)OC(C)(C)C)CC1.C=CC(=O)N1CCN(CC#Cc2cc3nc(-c4cccc(O)c4)nc(N4CCOCC4)c3s2)CC1.CC(C)(C)OC(=O)N1CCN(CC#Cc2cc3nc(-c4cccc(O)c4)nc(N4CCOCC4)c3s2)CC1.CC(C)(C)OC(=O)N1CCN(CC#Cc2cc3nc(Cl)nc(N4CCOCC4)c3s2)CC1.Clc1nc(N2CCOCC2)c2sc(I)cc2n1.OB(O)c1cccc(O)c1. The number of carbonyl (C=O) groups is 4. The Hall–Kier alpha value is -11.3. The fourth-order valence-corrected chi connectivity index (χ4v) is 21.4. The number of terminal acetylenes is 1. The molecule has 150 heavy (non-hydrogen) atoms. The molecule has 16 heterocycles. The number of piperazine rings is 4. The molecule has 0 atom stereocenters. The van der Waals surface area contributed by atoms with Gasteiger partial charge in [0.1, 0.15) is 34.1 Å². The van der Waals surface area contributed by atoms with E-state index in [9.17, 15) is 29.4 Å². The molecule has 5 N–H and O–H groups in total. The predicted molar refractivity (Wildman–Crippen MR) is 606 cm³/mol. The molecule has 36 nitrogen and oxygen atoms in total. The van der Waals surface area contributed by atoms with Gasteiger partial charge in [-0.2, -0.15) is 9.97 Å². The van der Waals surface area contributed by atoms with Crippen molar-refractivity contribution in [3.05, 3.63) is 138 Å². The van der Waals surface area contributed by atoms with E-state index in [-0.39, 0.29) is 61.6 Å². The summed E-state index contributed by atoms with van der Waals surface area (Å²) >= 11 is 20.9. The Morgan fingerprint density at radius 2 is 0.700 bits per heavy atom. The number of halogens is 3. The lowest BCUT2D eigenvalue weighted by atomic mass is 9.80. The van der Waals surface area contributed by atoms with Crippen molar-refractivity contribution < 1.29 is 77.7 Å². The molecular formula is C106H132BCl2IN20O16S4. The number of anilines is 4. The molecule has 11 aromatic rings. The molecule has 44 heteroatoms. The zero-order chi connectivity index (χ0) is 105. The van der Waals surface area contributed by atoms with Crippen molar-refractivity contribution in [3.63, 3.8) is 0 Å². The van der Waals surface area contributed by atoms with Gasteiger partial charge < -0.3 is 97.7 Å². The van der Waals surface area contributed by atoms with Gasteiger partial charge >= 0.3 is 25.4 Å². The van der Waals surface area contributed by atoms with Gasteiger partial charge in [0.05, 0.1) is 137 Å². The Balaban J connectivity index is 0.000000167. The maximum Gasteiger partial charge on any atom is 0.488 e. The first-order chi connectivity index (χ1) is 71.0. The van der Waals surface area contributed by atoms with Crippen LogP contribution in [0.5, 0.6) is 17.2 Å². The molecule has 8 aliphatic heterocycles. The molecule has 3 aromatic carbocycles. The molecule has 8 aliphatic rings. The Morgan fingerprint density at radius 3 is 1.00 bits per heavy atom. The highest BCUT2D eigenvalue weighted by Crippen LogP contribution is 2.40. The Labute approximate surface area is 917 Å². The van der Waals surface area contributed by atoms with E-state index in [1.807, 2.05) is 104 Å². The number of amides is 4. The number of aromatic nitrogens is 8. The summed E-state index contributed by atoms with van der Waals surface area (Å²) in [5.41, 5.74) is 3.91. The number of fused-ring (bicyclic) bond motifs is 4. The van der Waals surface area contributed by atoms with E-state index in [4.69, 9.17) is 97.9 Å². The van der Waals surface area contributed by atoms with Crippen LogP contribution in [0, 0.1) is 50.8 Å². The van der Waals surface area contributed by atoms with Crippen LogP contribution in [0.2, 0.25) is 10.6 Å². The third kappa shape index (κ3) is 34.8. The molecule has 4 amide bonds. The van der Waals surface area contributed by atoms with Crippen LogP contribution in [0.1, 0.15) is 91.8 Å². The van der Waals surface area contributed by atoms with E-state index in [2.05, 4.69) is 130 Å². The van der Waals surface area contributed by atoms with E-state index >= 15 is 0 Å². The average Bonchev–Trinajstić information content (AvgIpc) is 1.57. The molecule has 19 rings (SSSR count). The highest BCUT2D eigenvalue weighted by molar-refractivity contribution is 14.1. The van der Waals surface area contributed by atoms with E-state index in [0.717, 1.165) is 208 Å². The maximum absolute atomic E-state index is 12.3. The molecule has 8 saturated heterocycles. The lowest BCUT2D eigenvalue weighted by Gasteiger charge is -2.34. The molecule has 0 aliphatic carbocycles. The van der Waals surface area contributed by atoms with Crippen molar-refractivity contribution in [2.24, 2.45) is 0 Å². The first-order valence-corrected chi connectivity index (χ1v) is 54.0. The standard InChI is InChI=1S/C28H33N5O4S.C26H27N5O3S.C22H28ClN5O3S.C12H20N2O2.C10H9ClIN3OS.C6H7BO3.2CH4/c1-28(2,3)37-27(35)33-12-10-31(11-13-33)9-5-8-22-19-23-24(38-22)26(32-14-16-36-17-15-32)30-25(29-23)20-6-4-7-21(34)18-20;1-2-23(33)30-11-9-29(10-12-30)8-4-7-21-18-22-24(35-21)26(31-13-15-34-16-14-31)28-25(27-22)19-5-3-6-20(32)17-19;1-22(2,3)31-21(29)28-9-7-26(8-10-28)6-4-5-16-15-17-18(32-16)19(25-20(23)24-17)27-11-13-30-14-12-27;1-5-6-13-7-9-14(10-8-13)11(15)16-12(2,3)4;11-10-13-6-5-7(12)17-8(6)9(14-10)15-1-3-16-4-2-15;8-6-3-1-2-5(4-6)7(9)10;;/h4,6-7,18-19,34H,9-17H2,1-3H3;2-3,5-6,17-18,32H,1,8-16H2;15H,6-14H2,1-3H3;1H,6-10H2,2-4H3;5H,1-4H2;1-4,8-10H;2*1H4. The van der Waals surface area contributed by atoms with Gasteiger partial charge in [0, 0.05) is 168 Å². The molecule has 8 fully saturated rings. The number of morpholine rings is 4. The fourth-order valence-electron chi connectivity index (χ4n) is 16.3. The Kier molecular flexibility index (Phi) is 43.6. The number of hydrogen-bond acceptors (Lipinski definition) is 36. The lowest BCUT2D eigenvalue weighted by Crippen LogP contribution is -2.50. The Morgan fingerprint density at radius 1 is 0.407 bits per heavy atom. The molecule has 0 spiro atoms. The smallest absolute Gasteiger partial charge is 0.488 e. The second kappa shape index (κ2) is 55.8. The number of aromatic hydroxyl groups is 3. The van der Waals surface area contributed by atoms with Gasteiger partial charge in [-0.25, -0.2) is 44.3 Å². The number of rotatable bonds is 12. The first kappa shape index (κ1) is 117. The molecule has 8 aromatic heterocycles. The van der Waals surface area contributed by atoms with Gasteiger partial charge in [-0.1, -0.05) is 99.3 Å². The van der Waals surface area contributed by atoms with Crippen LogP contribution in [0.25, 0.3) is 63.6 Å². The van der Waals surface area contributed by atoms with Crippen LogP contribution in [0.3, 0.4) is 0 Å². The summed E-state index contributed by atoms with van der Waals surface area (Å²) in [4.78, 5) is 113. The van der Waals surface area contributed by atoms with Crippen LogP contribution in [0.15, 0.2) is 110 Å². The first-order valence-electron chi connectivity index (χ1n) is 48.9. The minimum atomic E-state index is -1.51. The number of phenolic OH excluding ortho intramolecular Hbond substituents is 3. The van der Waals surface area contributed by atoms with Gasteiger partial charge in [0.2, 0.25) is 16.5 Å². The summed E-state index contributed by atoms with van der Waals surface area (Å²) in [6, 6.07) is 27.9. The summed E-state index contributed by atoms with van der Waals surface area (Å²) in [5, 5.41) is 46.5. The highest BCUT2D eigenvalue weighted by Gasteiger charge is 2.32. The van der Waals surface area contributed by atoms with E-state index in [1.165, 1.54) is 27.2 Å². The van der Waals surface area contributed by atoms with Crippen LogP contribution in [-0.4, -0.2) is 389 Å². The number of carbonyl (C=O) groups excluding carboxylic acids is 4. The number of hydrogen-bond donors (Lipinski definition) is 5. The summed E-state index contributed by atoms with van der Waals surface area (Å²) in [5.74, 6) is 27.5. The third-order valence-electron chi connectivity index (χ3n) is 23.7. The van der Waals surface area contributed by atoms with Crippen molar-refractivity contribution in [3.8, 4) is 87.9 Å². The minimum absolute atomic E-state index is 0. The molecule has 0 unspecified atom stereocenters. The predicted octanol–water partition coefficient (Wildman–Crippen LogP) is 13.8. The molecule has 800 valence electrons. The average molecular weight is 2280 g/mol. The van der Waals surface area contributed by atoms with Crippen molar-refractivity contribution in [2.75, 3.05) is 256 Å². The summed E-state index contributed by atoms with van der Waals surface area (Å²) < 4.78 is 43.5. The summed E-state index contributed by atoms with van der Waals surface area (Å²) in [6.07, 6.45) is 5.88. The van der Waals surface area contributed by atoms with Crippen molar-refractivity contribution in [1.82, 2.24) is 79.1 Å². The second-order valence-electron chi connectivity index (χ2n) is 38.2. The van der Waals surface area contributed by atoms with Crippen LogP contribution < -0.4 is 25.1 Å². The van der Waals surface area contributed by atoms with E-state index < -0.39 is 23.9 Å². The van der Waals surface area contributed by atoms with Gasteiger partial charge in [0.15, 0.2) is 34.9 Å². The zero-order valence-electron chi connectivity index (χ0n) is 84.6. The highest BCUT2D eigenvalue weighted by atomic mass is 127. The summed E-state index contributed by atoms with van der Waals surface area (Å²) in [7, 11) is -1.51. The van der Waals surface area contributed by atoms with Gasteiger partial charge in [-0.15, -0.1) is 51.8 Å². The number of ether oxygens (including phenoxy) is 7. The topological polar surface area (TPSA) is 376 Å². The molecule has 0 saturated carbocycles. The van der Waals surface area contributed by atoms with Crippen molar-refractivity contribution >= 4 is 192 Å². The zero-order valence-corrected chi connectivity index (χ0v) is 91.5.